The molecule has 0 aliphatic rings. The van der Waals surface area contributed by atoms with E-state index in [4.69, 9.17) is 0 Å². The topological polar surface area (TPSA) is 49.3 Å². The van der Waals surface area contributed by atoms with Crippen molar-refractivity contribution in [2.45, 2.75) is 32.2 Å². The summed E-state index contributed by atoms with van der Waals surface area (Å²) in [4.78, 5) is 12.7. The van der Waals surface area contributed by atoms with E-state index in [0.29, 0.717) is 0 Å². The molecule has 17 heavy (non-hydrogen) atoms. The maximum atomic E-state index is 11.7. The van der Waals surface area contributed by atoms with Gasteiger partial charge < -0.3 is 10.4 Å². The van der Waals surface area contributed by atoms with Gasteiger partial charge in [-0.15, -0.1) is 11.3 Å². The van der Waals surface area contributed by atoms with Crippen LogP contribution in [0.25, 0.3) is 6.08 Å². The molecule has 4 heteroatoms. The Hall–Kier alpha value is -1.13. The number of carbonyl (C=O) groups is 1. The van der Waals surface area contributed by atoms with Gasteiger partial charge in [0.15, 0.2) is 0 Å². The summed E-state index contributed by atoms with van der Waals surface area (Å²) in [5, 5.41) is 14.1. The van der Waals surface area contributed by atoms with Gasteiger partial charge in [0.1, 0.15) is 0 Å². The van der Waals surface area contributed by atoms with Gasteiger partial charge >= 0.3 is 0 Å². The molecule has 0 bridgehead atoms. The third-order valence-electron chi connectivity index (χ3n) is 2.52. The highest BCUT2D eigenvalue weighted by Gasteiger charge is 2.23. The number of rotatable bonds is 6. The molecule has 0 aliphatic heterocycles. The minimum Gasteiger partial charge on any atom is -0.394 e. The van der Waals surface area contributed by atoms with Gasteiger partial charge in [0.2, 0.25) is 5.91 Å². The predicted octanol–water partition coefficient (Wildman–Crippen LogP) is 2.43. The SMILES string of the molecule is CCC[C@@](C)(CO)NC(=O)/C=C/c1cccs1. The van der Waals surface area contributed by atoms with E-state index >= 15 is 0 Å². The second kappa shape index (κ2) is 6.57. The molecule has 0 aliphatic carbocycles. The van der Waals surface area contributed by atoms with E-state index in [-0.39, 0.29) is 12.5 Å². The first-order valence-electron chi connectivity index (χ1n) is 5.74. The second-order valence-corrected chi connectivity index (χ2v) is 5.29. The van der Waals surface area contributed by atoms with E-state index in [9.17, 15) is 9.90 Å². The minimum atomic E-state index is -0.522. The monoisotopic (exact) mass is 253 g/mol. The number of aliphatic hydroxyl groups is 1. The maximum absolute atomic E-state index is 11.7. The molecule has 0 aromatic carbocycles. The number of hydrogen-bond donors (Lipinski definition) is 2. The van der Waals surface area contributed by atoms with Crippen LogP contribution in [0.4, 0.5) is 0 Å². The van der Waals surface area contributed by atoms with Crippen molar-refractivity contribution < 1.29 is 9.90 Å². The predicted molar refractivity (Wildman–Crippen MR) is 71.9 cm³/mol. The highest BCUT2D eigenvalue weighted by molar-refractivity contribution is 7.10. The number of aliphatic hydroxyl groups excluding tert-OH is 1. The lowest BCUT2D eigenvalue weighted by Gasteiger charge is -2.27. The average molecular weight is 253 g/mol. The molecule has 2 N–H and O–H groups in total. The first-order valence-corrected chi connectivity index (χ1v) is 6.62. The summed E-state index contributed by atoms with van der Waals surface area (Å²) in [6.45, 7) is 3.84. The first kappa shape index (κ1) is 13.9. The first-order chi connectivity index (χ1) is 8.09. The van der Waals surface area contributed by atoms with Crippen molar-refractivity contribution in [3.8, 4) is 0 Å². The van der Waals surface area contributed by atoms with E-state index in [2.05, 4.69) is 5.32 Å². The second-order valence-electron chi connectivity index (χ2n) is 4.31. The largest absolute Gasteiger partial charge is 0.394 e. The molecular formula is C13H19NO2S. The Kier molecular flexibility index (Phi) is 5.38. The number of thiophene rings is 1. The zero-order chi connectivity index (χ0) is 12.7. The van der Waals surface area contributed by atoms with Gasteiger partial charge in [-0.25, -0.2) is 0 Å². The van der Waals surface area contributed by atoms with E-state index in [1.807, 2.05) is 31.4 Å². The van der Waals surface area contributed by atoms with Crippen LogP contribution in [0.2, 0.25) is 0 Å². The molecule has 3 nitrogen and oxygen atoms in total. The van der Waals surface area contributed by atoms with Crippen molar-refractivity contribution in [2.75, 3.05) is 6.61 Å². The van der Waals surface area contributed by atoms with E-state index < -0.39 is 5.54 Å². The standard InChI is InChI=1S/C13H19NO2S/c1-3-8-13(2,10-15)14-12(16)7-6-11-5-4-9-17-11/h4-7,9,15H,3,8,10H2,1-2H3,(H,14,16)/b7-6+/t13-/m0/s1. The van der Waals surface area contributed by atoms with Crippen molar-refractivity contribution in [3.63, 3.8) is 0 Å². The molecule has 1 amide bonds. The third kappa shape index (κ3) is 4.71. The molecular weight excluding hydrogens is 234 g/mol. The highest BCUT2D eigenvalue weighted by Crippen LogP contribution is 2.12. The van der Waals surface area contributed by atoms with Crippen LogP contribution in [0.1, 0.15) is 31.6 Å². The molecule has 0 unspecified atom stereocenters. The Balaban J connectivity index is 2.53. The quantitative estimate of drug-likeness (QED) is 0.765. The van der Waals surface area contributed by atoms with Crippen LogP contribution < -0.4 is 5.32 Å². The summed E-state index contributed by atoms with van der Waals surface area (Å²) in [6, 6.07) is 3.89. The fourth-order valence-corrected chi connectivity index (χ4v) is 2.23. The molecule has 1 aromatic rings. The van der Waals surface area contributed by atoms with Crippen molar-refractivity contribution >= 4 is 23.3 Å². The fraction of sp³-hybridized carbons (Fsp3) is 0.462. The van der Waals surface area contributed by atoms with Crippen molar-refractivity contribution in [1.29, 1.82) is 0 Å². The Bertz CT molecular complexity index is 373. The van der Waals surface area contributed by atoms with Crippen LogP contribution in [-0.4, -0.2) is 23.2 Å². The van der Waals surface area contributed by atoms with Gasteiger partial charge in [-0.1, -0.05) is 19.4 Å². The fourth-order valence-electron chi connectivity index (χ4n) is 1.62. The van der Waals surface area contributed by atoms with E-state index in [1.54, 1.807) is 17.4 Å². The van der Waals surface area contributed by atoms with Crippen LogP contribution in [-0.2, 0) is 4.79 Å². The summed E-state index contributed by atoms with van der Waals surface area (Å²) in [5.74, 6) is -0.164. The normalized spacial score (nSPS) is 14.8. The Morgan fingerprint density at radius 2 is 2.41 bits per heavy atom. The van der Waals surface area contributed by atoms with Crippen molar-refractivity contribution in [2.24, 2.45) is 0 Å². The van der Waals surface area contributed by atoms with Crippen molar-refractivity contribution in [1.82, 2.24) is 5.32 Å². The molecule has 1 heterocycles. The summed E-state index contributed by atoms with van der Waals surface area (Å²) in [6.07, 6.45) is 4.98. The summed E-state index contributed by atoms with van der Waals surface area (Å²) in [5.41, 5.74) is -0.522. The Morgan fingerprint density at radius 3 is 2.94 bits per heavy atom. The molecule has 1 atom stereocenters. The van der Waals surface area contributed by atoms with Crippen LogP contribution >= 0.6 is 11.3 Å². The molecule has 0 fully saturated rings. The molecule has 1 aromatic heterocycles. The third-order valence-corrected chi connectivity index (χ3v) is 3.36. The number of nitrogens with one attached hydrogen (secondary N) is 1. The lowest BCUT2D eigenvalue weighted by Crippen LogP contribution is -2.48. The summed E-state index contributed by atoms with van der Waals surface area (Å²) < 4.78 is 0. The average Bonchev–Trinajstić information content (AvgIpc) is 2.79. The summed E-state index contributed by atoms with van der Waals surface area (Å²) >= 11 is 1.58. The molecule has 0 spiro atoms. The number of hydrogen-bond acceptors (Lipinski definition) is 3. The van der Waals surface area contributed by atoms with Crippen LogP contribution in [0.15, 0.2) is 23.6 Å². The number of carbonyl (C=O) groups excluding carboxylic acids is 1. The van der Waals surface area contributed by atoms with E-state index in [1.165, 1.54) is 6.08 Å². The van der Waals surface area contributed by atoms with Gasteiger partial charge in [0.05, 0.1) is 12.1 Å². The number of amides is 1. The highest BCUT2D eigenvalue weighted by atomic mass is 32.1. The maximum Gasteiger partial charge on any atom is 0.244 e. The van der Waals surface area contributed by atoms with Gasteiger partial charge in [0, 0.05) is 11.0 Å². The zero-order valence-corrected chi connectivity index (χ0v) is 11.1. The van der Waals surface area contributed by atoms with Gasteiger partial charge in [-0.05, 0) is 30.9 Å². The smallest absolute Gasteiger partial charge is 0.244 e. The molecule has 94 valence electrons. The van der Waals surface area contributed by atoms with Gasteiger partial charge in [0.25, 0.3) is 0 Å². The minimum absolute atomic E-state index is 0.0422. The van der Waals surface area contributed by atoms with Crippen molar-refractivity contribution in [3.05, 3.63) is 28.5 Å². The molecule has 0 radical (unpaired) electrons. The van der Waals surface area contributed by atoms with E-state index in [0.717, 1.165) is 17.7 Å². The molecule has 0 saturated heterocycles. The zero-order valence-electron chi connectivity index (χ0n) is 10.3. The van der Waals surface area contributed by atoms with Crippen LogP contribution in [0.5, 0.6) is 0 Å². The van der Waals surface area contributed by atoms with Crippen LogP contribution in [0, 0.1) is 0 Å². The Labute approximate surface area is 106 Å². The molecule has 1 rings (SSSR count). The lowest BCUT2D eigenvalue weighted by atomic mass is 9.97. The Morgan fingerprint density at radius 1 is 1.65 bits per heavy atom. The van der Waals surface area contributed by atoms with Gasteiger partial charge in [-0.3, -0.25) is 4.79 Å². The van der Waals surface area contributed by atoms with Crippen LogP contribution in [0.3, 0.4) is 0 Å². The summed E-state index contributed by atoms with van der Waals surface area (Å²) in [7, 11) is 0. The van der Waals surface area contributed by atoms with Gasteiger partial charge in [-0.2, -0.15) is 0 Å². The lowest BCUT2D eigenvalue weighted by molar-refractivity contribution is -0.118. The molecule has 0 saturated carbocycles.